The van der Waals surface area contributed by atoms with Crippen LogP contribution in [-0.4, -0.2) is 5.97 Å². The average Bonchev–Trinajstić information content (AvgIpc) is 2.69. The van der Waals surface area contributed by atoms with E-state index < -0.39 is 0 Å². The maximum atomic E-state index is 12.0. The fourth-order valence-electron chi connectivity index (χ4n) is 3.65. The zero-order valence-electron chi connectivity index (χ0n) is 19.7. The molecule has 1 rings (SSSR count). The van der Waals surface area contributed by atoms with Crippen molar-refractivity contribution < 1.29 is 9.53 Å². The Balaban J connectivity index is 1.97. The van der Waals surface area contributed by atoms with Crippen LogP contribution in [0.2, 0.25) is 0 Å². The van der Waals surface area contributed by atoms with Gasteiger partial charge in [-0.15, -0.1) is 0 Å². The Labute approximate surface area is 180 Å². The Kier molecular flexibility index (Phi) is 13.8. The Morgan fingerprint density at radius 3 is 1.83 bits per heavy atom. The highest BCUT2D eigenvalue weighted by molar-refractivity contribution is 5.69. The molecule has 2 nitrogen and oxygen atoms in total. The molecule has 0 aliphatic rings. The van der Waals surface area contributed by atoms with Crippen molar-refractivity contribution >= 4 is 5.97 Å². The molecular formula is C27H46O2. The molecule has 29 heavy (non-hydrogen) atoms. The minimum absolute atomic E-state index is 0.0609. The van der Waals surface area contributed by atoms with Crippen molar-refractivity contribution in [2.75, 3.05) is 0 Å². The summed E-state index contributed by atoms with van der Waals surface area (Å²) in [5.74, 6) is -0.0609. The Morgan fingerprint density at radius 1 is 0.793 bits per heavy atom. The molecule has 0 aromatic heterocycles. The van der Waals surface area contributed by atoms with E-state index in [0.717, 1.165) is 18.4 Å². The van der Waals surface area contributed by atoms with E-state index in [0.29, 0.717) is 13.0 Å². The Hall–Kier alpha value is -1.31. The lowest BCUT2D eigenvalue weighted by atomic mass is 9.86. The molecule has 0 aliphatic carbocycles. The Bertz CT molecular complexity index is 542. The van der Waals surface area contributed by atoms with E-state index in [2.05, 4.69) is 45.9 Å². The van der Waals surface area contributed by atoms with Crippen LogP contribution in [0.25, 0.3) is 0 Å². The van der Waals surface area contributed by atoms with E-state index in [-0.39, 0.29) is 11.4 Å². The summed E-state index contributed by atoms with van der Waals surface area (Å²) in [7, 11) is 0. The van der Waals surface area contributed by atoms with Gasteiger partial charge in [0.15, 0.2) is 0 Å². The maximum Gasteiger partial charge on any atom is 0.306 e. The molecule has 0 heterocycles. The van der Waals surface area contributed by atoms with Gasteiger partial charge in [-0.2, -0.15) is 0 Å². The third-order valence-electron chi connectivity index (χ3n) is 5.68. The molecule has 0 radical (unpaired) electrons. The lowest BCUT2D eigenvalue weighted by molar-refractivity contribution is -0.145. The van der Waals surface area contributed by atoms with Crippen molar-refractivity contribution in [2.45, 2.75) is 130 Å². The van der Waals surface area contributed by atoms with E-state index in [1.165, 1.54) is 76.2 Å². The summed E-state index contributed by atoms with van der Waals surface area (Å²) >= 11 is 0. The number of hydrogen-bond acceptors (Lipinski definition) is 2. The van der Waals surface area contributed by atoms with E-state index in [4.69, 9.17) is 4.74 Å². The molecule has 0 bridgehead atoms. The van der Waals surface area contributed by atoms with Crippen LogP contribution in [0.4, 0.5) is 0 Å². The number of ether oxygens (including phenoxy) is 1. The molecule has 2 heteroatoms. The van der Waals surface area contributed by atoms with Crippen LogP contribution < -0.4 is 0 Å². The third-order valence-corrected chi connectivity index (χ3v) is 5.68. The first-order chi connectivity index (χ1) is 13.9. The smallest absolute Gasteiger partial charge is 0.306 e. The molecule has 0 N–H and O–H groups in total. The van der Waals surface area contributed by atoms with Crippen LogP contribution >= 0.6 is 0 Å². The van der Waals surface area contributed by atoms with Crippen molar-refractivity contribution in [1.29, 1.82) is 0 Å². The van der Waals surface area contributed by atoms with Gasteiger partial charge in [-0.1, -0.05) is 129 Å². The largest absolute Gasteiger partial charge is 0.461 e. The minimum atomic E-state index is -0.0609. The van der Waals surface area contributed by atoms with Crippen molar-refractivity contribution in [3.63, 3.8) is 0 Å². The first-order valence-corrected chi connectivity index (χ1v) is 12.2. The monoisotopic (exact) mass is 402 g/mol. The molecular weight excluding hydrogens is 356 g/mol. The van der Waals surface area contributed by atoms with Gasteiger partial charge in [0.05, 0.1) is 0 Å². The molecule has 0 unspecified atom stereocenters. The molecule has 0 fully saturated rings. The molecule has 0 aliphatic heterocycles. The van der Waals surface area contributed by atoms with Crippen molar-refractivity contribution in [2.24, 2.45) is 0 Å². The van der Waals surface area contributed by atoms with Gasteiger partial charge in [-0.25, -0.2) is 0 Å². The van der Waals surface area contributed by atoms with Crippen molar-refractivity contribution in [1.82, 2.24) is 0 Å². The van der Waals surface area contributed by atoms with Gasteiger partial charge in [0.25, 0.3) is 0 Å². The molecule has 0 amide bonds. The third kappa shape index (κ3) is 13.5. The van der Waals surface area contributed by atoms with Gasteiger partial charge in [0.1, 0.15) is 6.61 Å². The zero-order valence-corrected chi connectivity index (χ0v) is 19.7. The molecule has 166 valence electrons. The van der Waals surface area contributed by atoms with Crippen LogP contribution in [0.1, 0.15) is 129 Å². The average molecular weight is 403 g/mol. The molecule has 1 aromatic carbocycles. The lowest BCUT2D eigenvalue weighted by Gasteiger charge is -2.19. The van der Waals surface area contributed by atoms with E-state index in [1.54, 1.807) is 0 Å². The normalized spacial score (nSPS) is 11.6. The van der Waals surface area contributed by atoms with Crippen LogP contribution in [-0.2, 0) is 21.6 Å². The minimum Gasteiger partial charge on any atom is -0.461 e. The SMILES string of the molecule is CCCCCCCCCCCCCCCC(=O)OCc1cccc(C(C)(C)C)c1. The number of carbonyl (C=O) groups is 1. The lowest BCUT2D eigenvalue weighted by Crippen LogP contribution is -2.11. The summed E-state index contributed by atoms with van der Waals surface area (Å²) in [4.78, 5) is 12.0. The van der Waals surface area contributed by atoms with Gasteiger partial charge in [-0.05, 0) is 23.0 Å². The number of benzene rings is 1. The number of carbonyl (C=O) groups excluding carboxylic acids is 1. The van der Waals surface area contributed by atoms with Gasteiger partial charge >= 0.3 is 5.97 Å². The fraction of sp³-hybridized carbons (Fsp3) is 0.741. The first kappa shape index (κ1) is 25.7. The summed E-state index contributed by atoms with van der Waals surface area (Å²) in [5, 5.41) is 0. The van der Waals surface area contributed by atoms with Crippen LogP contribution in [0.3, 0.4) is 0 Å². The van der Waals surface area contributed by atoms with Crippen LogP contribution in [0, 0.1) is 0 Å². The van der Waals surface area contributed by atoms with Gasteiger partial charge in [-0.3, -0.25) is 4.79 Å². The van der Waals surface area contributed by atoms with Crippen LogP contribution in [0.5, 0.6) is 0 Å². The Morgan fingerprint density at radius 2 is 1.31 bits per heavy atom. The standard InChI is InChI=1S/C27H46O2/c1-5-6-7-8-9-10-11-12-13-14-15-16-17-21-26(28)29-23-24-19-18-20-25(22-24)27(2,3)4/h18-20,22H,5-17,21,23H2,1-4H3. The van der Waals surface area contributed by atoms with Gasteiger partial charge in [0, 0.05) is 6.42 Å². The topological polar surface area (TPSA) is 26.3 Å². The quantitative estimate of drug-likeness (QED) is 0.204. The number of esters is 1. The highest BCUT2D eigenvalue weighted by Crippen LogP contribution is 2.23. The van der Waals surface area contributed by atoms with Gasteiger partial charge in [0.2, 0.25) is 0 Å². The summed E-state index contributed by atoms with van der Waals surface area (Å²) in [6.45, 7) is 9.27. The number of hydrogen-bond donors (Lipinski definition) is 0. The molecule has 0 atom stereocenters. The first-order valence-electron chi connectivity index (χ1n) is 12.2. The predicted octanol–water partition coefficient (Wildman–Crippen LogP) is 8.51. The molecule has 0 saturated carbocycles. The summed E-state index contributed by atoms with van der Waals surface area (Å²) in [6.07, 6.45) is 17.7. The highest BCUT2D eigenvalue weighted by atomic mass is 16.5. The van der Waals surface area contributed by atoms with Crippen molar-refractivity contribution in [3.8, 4) is 0 Å². The highest BCUT2D eigenvalue weighted by Gasteiger charge is 2.14. The van der Waals surface area contributed by atoms with Gasteiger partial charge < -0.3 is 4.74 Å². The predicted molar refractivity (Wildman–Crippen MR) is 125 cm³/mol. The van der Waals surface area contributed by atoms with E-state index in [1.807, 2.05) is 6.07 Å². The summed E-state index contributed by atoms with van der Waals surface area (Å²) < 4.78 is 5.46. The van der Waals surface area contributed by atoms with E-state index in [9.17, 15) is 4.79 Å². The maximum absolute atomic E-state index is 12.0. The molecule has 1 aromatic rings. The zero-order chi connectivity index (χ0) is 21.4. The molecule has 0 saturated heterocycles. The number of unbranched alkanes of at least 4 members (excludes halogenated alkanes) is 12. The second-order valence-electron chi connectivity index (χ2n) is 9.60. The molecule has 0 spiro atoms. The fourth-order valence-corrected chi connectivity index (χ4v) is 3.65. The van der Waals surface area contributed by atoms with E-state index >= 15 is 0 Å². The summed E-state index contributed by atoms with van der Waals surface area (Å²) in [5.41, 5.74) is 2.48. The summed E-state index contributed by atoms with van der Waals surface area (Å²) in [6, 6.07) is 8.38. The second kappa shape index (κ2) is 15.5. The van der Waals surface area contributed by atoms with Crippen LogP contribution in [0.15, 0.2) is 24.3 Å². The second-order valence-corrected chi connectivity index (χ2v) is 9.60. The van der Waals surface area contributed by atoms with Crippen molar-refractivity contribution in [3.05, 3.63) is 35.4 Å². The number of rotatable bonds is 16.